The van der Waals surface area contributed by atoms with Gasteiger partial charge in [-0.2, -0.15) is 0 Å². The number of nitrogens with two attached hydrogens (primary N) is 1. The zero-order chi connectivity index (χ0) is 20.4. The normalized spacial score (nSPS) is 12.8. The molecule has 29 heavy (non-hydrogen) atoms. The first kappa shape index (κ1) is 20.3. The maximum atomic E-state index is 6.31. The van der Waals surface area contributed by atoms with Crippen LogP contribution in [0, 0.1) is 0 Å². The molecule has 0 fully saturated rings. The molecule has 152 valence electrons. The van der Waals surface area contributed by atoms with Gasteiger partial charge in [0, 0.05) is 12.6 Å². The maximum absolute atomic E-state index is 6.31. The van der Waals surface area contributed by atoms with Crippen LogP contribution in [0.4, 0.5) is 5.82 Å². The number of nitrogens with one attached hydrogen (secondary N) is 1. The molecule has 0 aliphatic rings. The Hall–Kier alpha value is -1.94. The van der Waals surface area contributed by atoms with Crippen LogP contribution in [0.2, 0.25) is 5.02 Å². The van der Waals surface area contributed by atoms with E-state index in [0.29, 0.717) is 22.4 Å². The van der Waals surface area contributed by atoms with Gasteiger partial charge in [-0.1, -0.05) is 24.6 Å². The number of hydrogen-bond acceptors (Lipinski definition) is 8. The number of fused-ring (bicyclic) bond motifs is 2. The lowest BCUT2D eigenvalue weighted by molar-refractivity contribution is 0.496. The quantitative estimate of drug-likeness (QED) is 0.381. The number of aryl methyl sites for hydroxylation is 1. The topological polar surface area (TPSA) is 94.5 Å². The third-order valence-corrected chi connectivity index (χ3v) is 7.30. The van der Waals surface area contributed by atoms with Crippen molar-refractivity contribution in [2.24, 2.45) is 0 Å². The predicted octanol–water partition coefficient (Wildman–Crippen LogP) is 4.60. The van der Waals surface area contributed by atoms with E-state index in [1.807, 2.05) is 18.2 Å². The fourth-order valence-electron chi connectivity index (χ4n) is 2.96. The number of thiazole rings is 1. The summed E-state index contributed by atoms with van der Waals surface area (Å²) in [7, 11) is 0. The van der Waals surface area contributed by atoms with Gasteiger partial charge in [0.1, 0.15) is 6.33 Å². The molecule has 10 heteroatoms. The van der Waals surface area contributed by atoms with Crippen molar-refractivity contribution in [3.63, 3.8) is 0 Å². The maximum Gasteiger partial charge on any atom is 0.177 e. The molecule has 7 nitrogen and oxygen atoms in total. The van der Waals surface area contributed by atoms with Crippen LogP contribution in [0.15, 0.2) is 34.0 Å². The monoisotopic (exact) mass is 447 g/mol. The minimum Gasteiger partial charge on any atom is -0.382 e. The second-order valence-electron chi connectivity index (χ2n) is 6.76. The highest BCUT2D eigenvalue weighted by Crippen LogP contribution is 2.38. The Morgan fingerprint density at radius 2 is 2.17 bits per heavy atom. The van der Waals surface area contributed by atoms with Crippen molar-refractivity contribution >= 4 is 61.9 Å². The van der Waals surface area contributed by atoms with Gasteiger partial charge in [0.05, 0.1) is 15.2 Å². The molecule has 1 aromatic carbocycles. The molecule has 3 aromatic heterocycles. The van der Waals surface area contributed by atoms with E-state index in [9.17, 15) is 0 Å². The summed E-state index contributed by atoms with van der Waals surface area (Å²) < 4.78 is 3.97. The average Bonchev–Trinajstić information content (AvgIpc) is 3.28. The van der Waals surface area contributed by atoms with Crippen LogP contribution in [-0.4, -0.2) is 37.1 Å². The molecule has 0 saturated heterocycles. The second kappa shape index (κ2) is 8.83. The van der Waals surface area contributed by atoms with E-state index < -0.39 is 0 Å². The van der Waals surface area contributed by atoms with Crippen LogP contribution in [0.3, 0.4) is 0 Å². The molecule has 0 radical (unpaired) electrons. The first-order valence-corrected chi connectivity index (χ1v) is 11.5. The summed E-state index contributed by atoms with van der Waals surface area (Å²) in [5.41, 5.74) is 8.32. The third kappa shape index (κ3) is 4.32. The van der Waals surface area contributed by atoms with Crippen molar-refractivity contribution in [3.8, 4) is 0 Å². The Kier molecular flexibility index (Phi) is 6.19. The Morgan fingerprint density at radius 1 is 1.31 bits per heavy atom. The molecule has 0 bridgehead atoms. The Balaban J connectivity index is 1.63. The Bertz CT molecular complexity index is 1140. The summed E-state index contributed by atoms with van der Waals surface area (Å²) in [6, 6.07) is 6.27. The van der Waals surface area contributed by atoms with Crippen LogP contribution in [0.5, 0.6) is 0 Å². The summed E-state index contributed by atoms with van der Waals surface area (Å²) in [6.07, 6.45) is 3.55. The molecular formula is C19H22ClN7S2. The average molecular weight is 448 g/mol. The molecule has 4 aromatic rings. The largest absolute Gasteiger partial charge is 0.382 e. The number of nitrogens with zero attached hydrogens (tertiary/aromatic N) is 5. The van der Waals surface area contributed by atoms with Crippen molar-refractivity contribution < 1.29 is 0 Å². The lowest BCUT2D eigenvalue weighted by Gasteiger charge is -2.12. The molecule has 0 aliphatic carbocycles. The lowest BCUT2D eigenvalue weighted by Crippen LogP contribution is -2.26. The van der Waals surface area contributed by atoms with Gasteiger partial charge >= 0.3 is 0 Å². The van der Waals surface area contributed by atoms with Crippen molar-refractivity contribution in [3.05, 3.63) is 29.5 Å². The molecule has 0 spiro atoms. The first-order chi connectivity index (χ1) is 14.1. The molecule has 4 rings (SSSR count). The molecule has 0 amide bonds. The van der Waals surface area contributed by atoms with Gasteiger partial charge in [0.25, 0.3) is 0 Å². The van der Waals surface area contributed by atoms with E-state index in [-0.39, 0.29) is 0 Å². The van der Waals surface area contributed by atoms with Crippen LogP contribution in [0.1, 0.15) is 26.7 Å². The smallest absolute Gasteiger partial charge is 0.177 e. The van der Waals surface area contributed by atoms with Crippen LogP contribution < -0.4 is 11.1 Å². The molecule has 3 heterocycles. The zero-order valence-electron chi connectivity index (χ0n) is 16.2. The summed E-state index contributed by atoms with van der Waals surface area (Å²) in [4.78, 5) is 17.9. The van der Waals surface area contributed by atoms with E-state index in [1.165, 1.54) is 18.1 Å². The standard InChI is InChI=1S/C19H22ClN7S2/c1-3-11(2)22-8-5-9-27-17-14(16(21)23-10-24-17)26-18(27)29-19-25-13-7-4-6-12(20)15(13)28-19/h4,6-7,10-11,22H,3,5,8-9H2,1-2H3,(H2,21,23,24). The summed E-state index contributed by atoms with van der Waals surface area (Å²) >= 11 is 9.38. The van der Waals surface area contributed by atoms with Crippen LogP contribution in [0.25, 0.3) is 21.4 Å². The van der Waals surface area contributed by atoms with Gasteiger partial charge in [-0.3, -0.25) is 0 Å². The van der Waals surface area contributed by atoms with E-state index in [4.69, 9.17) is 27.3 Å². The molecule has 1 unspecified atom stereocenters. The molecule has 0 saturated carbocycles. The number of imidazole rings is 1. The first-order valence-electron chi connectivity index (χ1n) is 9.49. The summed E-state index contributed by atoms with van der Waals surface area (Å²) in [5, 5.41) is 5.05. The zero-order valence-corrected chi connectivity index (χ0v) is 18.6. The van der Waals surface area contributed by atoms with E-state index in [2.05, 4.69) is 33.7 Å². The third-order valence-electron chi connectivity index (χ3n) is 4.71. The predicted molar refractivity (Wildman–Crippen MR) is 121 cm³/mol. The van der Waals surface area contributed by atoms with Gasteiger partial charge in [-0.05, 0) is 50.2 Å². The highest BCUT2D eigenvalue weighted by atomic mass is 35.5. The molecule has 1 atom stereocenters. The van der Waals surface area contributed by atoms with Crippen molar-refractivity contribution in [1.29, 1.82) is 0 Å². The second-order valence-corrected chi connectivity index (χ2v) is 9.38. The van der Waals surface area contributed by atoms with Crippen molar-refractivity contribution in [2.75, 3.05) is 12.3 Å². The number of rotatable bonds is 8. The van der Waals surface area contributed by atoms with Gasteiger partial charge in [0.2, 0.25) is 0 Å². The van der Waals surface area contributed by atoms with Crippen LogP contribution >= 0.6 is 34.7 Å². The highest BCUT2D eigenvalue weighted by molar-refractivity contribution is 8.01. The fourth-order valence-corrected chi connectivity index (χ4v) is 5.31. The van der Waals surface area contributed by atoms with Gasteiger partial charge in [0.15, 0.2) is 26.5 Å². The Morgan fingerprint density at radius 3 is 2.97 bits per heavy atom. The van der Waals surface area contributed by atoms with E-state index in [0.717, 1.165) is 51.3 Å². The number of aromatic nitrogens is 5. The summed E-state index contributed by atoms with van der Waals surface area (Å²) in [6.45, 7) is 6.08. The van der Waals surface area contributed by atoms with E-state index in [1.54, 1.807) is 11.3 Å². The van der Waals surface area contributed by atoms with Crippen LogP contribution in [-0.2, 0) is 6.54 Å². The van der Waals surface area contributed by atoms with Gasteiger partial charge in [-0.15, -0.1) is 11.3 Å². The number of anilines is 1. The molecule has 0 aliphatic heterocycles. The van der Waals surface area contributed by atoms with Crippen molar-refractivity contribution in [1.82, 2.24) is 29.8 Å². The minimum absolute atomic E-state index is 0.390. The number of benzene rings is 1. The number of hydrogen-bond donors (Lipinski definition) is 2. The Labute approximate surface area is 182 Å². The molecule has 3 N–H and O–H groups in total. The minimum atomic E-state index is 0.390. The van der Waals surface area contributed by atoms with Gasteiger partial charge in [-0.25, -0.2) is 19.9 Å². The van der Waals surface area contributed by atoms with E-state index >= 15 is 0 Å². The SMILES string of the molecule is CCC(C)NCCCn1c(Sc2nc3cccc(Cl)c3s2)nc2c(N)ncnc21. The van der Waals surface area contributed by atoms with Crippen molar-refractivity contribution in [2.45, 2.75) is 48.8 Å². The number of halogens is 1. The number of nitrogen functional groups attached to an aromatic ring is 1. The van der Waals surface area contributed by atoms with Gasteiger partial charge < -0.3 is 15.6 Å². The highest BCUT2D eigenvalue weighted by Gasteiger charge is 2.18. The molecular weight excluding hydrogens is 426 g/mol. The fraction of sp³-hybridized carbons (Fsp3) is 0.368. The summed E-state index contributed by atoms with van der Waals surface area (Å²) in [5.74, 6) is 0.390. The lowest BCUT2D eigenvalue weighted by atomic mass is 10.2.